The van der Waals surface area contributed by atoms with E-state index in [0.29, 0.717) is 0 Å². The Balaban J connectivity index is 2.08. The van der Waals surface area contributed by atoms with Crippen LogP contribution in [0.25, 0.3) is 0 Å². The van der Waals surface area contributed by atoms with Crippen molar-refractivity contribution in [3.05, 3.63) is 63.4 Å². The summed E-state index contributed by atoms with van der Waals surface area (Å²) in [6, 6.07) is 8.55. The zero-order chi connectivity index (χ0) is 17.0. The van der Waals surface area contributed by atoms with Crippen LogP contribution in [0.5, 0.6) is 0 Å². The molecule has 2 N–H and O–H groups in total. The van der Waals surface area contributed by atoms with Crippen molar-refractivity contribution < 1.29 is 18.9 Å². The van der Waals surface area contributed by atoms with Gasteiger partial charge in [-0.15, -0.1) is 0 Å². The van der Waals surface area contributed by atoms with Gasteiger partial charge in [0.1, 0.15) is 10.8 Å². The minimum absolute atomic E-state index is 0.0282. The smallest absolute Gasteiger partial charge is 0.314 e. The first kappa shape index (κ1) is 16.4. The van der Waals surface area contributed by atoms with Crippen LogP contribution in [0.1, 0.15) is 0 Å². The number of carbonyl (C=O) groups excluding carboxylic acids is 2. The molecule has 0 aliphatic heterocycles. The molecule has 9 heteroatoms. The maximum atomic E-state index is 13.0. The van der Waals surface area contributed by atoms with Crippen LogP contribution >= 0.6 is 11.6 Å². The number of nitrogens with zero attached hydrogens (tertiary/aromatic N) is 1. The second kappa shape index (κ2) is 6.84. The van der Waals surface area contributed by atoms with Crippen molar-refractivity contribution >= 4 is 40.5 Å². The topological polar surface area (TPSA) is 101 Å². The average molecular weight is 338 g/mol. The van der Waals surface area contributed by atoms with Gasteiger partial charge in [0, 0.05) is 17.4 Å². The van der Waals surface area contributed by atoms with Crippen molar-refractivity contribution in [1.29, 1.82) is 0 Å². The summed E-state index contributed by atoms with van der Waals surface area (Å²) >= 11 is 5.64. The van der Waals surface area contributed by atoms with Crippen LogP contribution in [0.2, 0.25) is 5.02 Å². The Kier molecular flexibility index (Phi) is 4.87. The summed E-state index contributed by atoms with van der Waals surface area (Å²) in [5, 5.41) is 15.1. The van der Waals surface area contributed by atoms with E-state index in [0.717, 1.165) is 12.1 Å². The fourth-order valence-electron chi connectivity index (χ4n) is 1.67. The molecule has 0 saturated heterocycles. The molecule has 0 aromatic heterocycles. The molecule has 2 amide bonds. The molecule has 0 radical (unpaired) electrons. The first-order chi connectivity index (χ1) is 10.9. The van der Waals surface area contributed by atoms with E-state index in [2.05, 4.69) is 10.6 Å². The molecule has 0 aliphatic rings. The summed E-state index contributed by atoms with van der Waals surface area (Å²) in [6.45, 7) is 0. The normalized spacial score (nSPS) is 10.0. The molecule has 118 valence electrons. The predicted octanol–water partition coefficient (Wildman–Crippen LogP) is 2.96. The summed E-state index contributed by atoms with van der Waals surface area (Å²) in [6.07, 6.45) is 0. The average Bonchev–Trinajstić information content (AvgIpc) is 2.48. The van der Waals surface area contributed by atoms with Crippen LogP contribution in [-0.2, 0) is 9.59 Å². The molecular weight excluding hydrogens is 329 g/mol. The maximum Gasteiger partial charge on any atom is 0.314 e. The SMILES string of the molecule is O=C(Nc1cccc(F)c1)C(=O)Nc1ccc(Cl)c([N+](=O)[O-])c1. The van der Waals surface area contributed by atoms with Gasteiger partial charge in [0.15, 0.2) is 0 Å². The molecule has 0 bridgehead atoms. The third-order valence-electron chi connectivity index (χ3n) is 2.69. The van der Waals surface area contributed by atoms with Gasteiger partial charge in [-0.1, -0.05) is 17.7 Å². The van der Waals surface area contributed by atoms with Gasteiger partial charge in [0.05, 0.1) is 4.92 Å². The van der Waals surface area contributed by atoms with E-state index < -0.39 is 28.2 Å². The Labute approximate surface area is 134 Å². The van der Waals surface area contributed by atoms with Gasteiger partial charge in [-0.3, -0.25) is 19.7 Å². The van der Waals surface area contributed by atoms with Crippen molar-refractivity contribution in [2.45, 2.75) is 0 Å². The van der Waals surface area contributed by atoms with Crippen LogP contribution in [0.15, 0.2) is 42.5 Å². The van der Waals surface area contributed by atoms with Crippen LogP contribution in [-0.4, -0.2) is 16.7 Å². The molecular formula is C14H9ClFN3O4. The largest absolute Gasteiger partial charge is 0.318 e. The highest BCUT2D eigenvalue weighted by molar-refractivity contribution is 6.43. The van der Waals surface area contributed by atoms with Crippen LogP contribution in [0.4, 0.5) is 21.5 Å². The van der Waals surface area contributed by atoms with E-state index in [1.807, 2.05) is 0 Å². The number of halogens is 2. The third kappa shape index (κ3) is 4.24. The Hall–Kier alpha value is -3.00. The molecule has 0 fully saturated rings. The predicted molar refractivity (Wildman–Crippen MR) is 81.8 cm³/mol. The molecule has 0 heterocycles. The lowest BCUT2D eigenvalue weighted by Gasteiger charge is -2.07. The third-order valence-corrected chi connectivity index (χ3v) is 3.01. The number of anilines is 2. The number of hydrogen-bond acceptors (Lipinski definition) is 4. The van der Waals surface area contributed by atoms with Crippen molar-refractivity contribution in [1.82, 2.24) is 0 Å². The molecule has 0 spiro atoms. The summed E-state index contributed by atoms with van der Waals surface area (Å²) in [4.78, 5) is 33.5. The van der Waals surface area contributed by atoms with Gasteiger partial charge < -0.3 is 10.6 Å². The highest BCUT2D eigenvalue weighted by Gasteiger charge is 2.17. The van der Waals surface area contributed by atoms with Crippen molar-refractivity contribution in [2.24, 2.45) is 0 Å². The number of nitro groups is 1. The highest BCUT2D eigenvalue weighted by atomic mass is 35.5. The lowest BCUT2D eigenvalue weighted by Crippen LogP contribution is -2.29. The molecule has 7 nitrogen and oxygen atoms in total. The molecule has 0 unspecified atom stereocenters. The highest BCUT2D eigenvalue weighted by Crippen LogP contribution is 2.27. The monoisotopic (exact) mass is 337 g/mol. The molecule has 2 aromatic carbocycles. The van der Waals surface area contributed by atoms with Gasteiger partial charge in [0.2, 0.25) is 0 Å². The first-order valence-electron chi connectivity index (χ1n) is 6.18. The second-order valence-corrected chi connectivity index (χ2v) is 4.75. The summed E-state index contributed by atoms with van der Waals surface area (Å²) in [5.41, 5.74) is -0.275. The van der Waals surface area contributed by atoms with Gasteiger partial charge in [-0.2, -0.15) is 0 Å². The number of carbonyl (C=O) groups is 2. The number of hydrogen-bond donors (Lipinski definition) is 2. The van der Waals surface area contributed by atoms with Crippen LogP contribution < -0.4 is 10.6 Å². The van der Waals surface area contributed by atoms with E-state index in [-0.39, 0.29) is 16.4 Å². The summed E-state index contributed by atoms with van der Waals surface area (Å²) in [7, 11) is 0. The minimum atomic E-state index is -1.06. The lowest BCUT2D eigenvalue weighted by atomic mass is 10.2. The Bertz CT molecular complexity index is 797. The van der Waals surface area contributed by atoms with Crippen molar-refractivity contribution in [2.75, 3.05) is 10.6 Å². The molecule has 0 saturated carbocycles. The molecule has 0 aliphatic carbocycles. The zero-order valence-corrected chi connectivity index (χ0v) is 12.1. The number of benzene rings is 2. The molecule has 2 aromatic rings. The molecule has 23 heavy (non-hydrogen) atoms. The number of rotatable bonds is 3. The maximum absolute atomic E-state index is 13.0. The van der Waals surface area contributed by atoms with E-state index in [1.165, 1.54) is 30.3 Å². The standard InChI is InChI=1S/C14H9ClFN3O4/c15-11-5-4-10(7-12(11)19(22)23)18-14(21)13(20)17-9-3-1-2-8(16)6-9/h1-7H,(H,17,20)(H,18,21). The van der Waals surface area contributed by atoms with Crippen molar-refractivity contribution in [3.63, 3.8) is 0 Å². The fourth-order valence-corrected chi connectivity index (χ4v) is 1.86. The molecule has 2 rings (SSSR count). The van der Waals surface area contributed by atoms with E-state index in [1.54, 1.807) is 0 Å². The van der Waals surface area contributed by atoms with E-state index in [9.17, 15) is 24.1 Å². The van der Waals surface area contributed by atoms with E-state index >= 15 is 0 Å². The summed E-state index contributed by atoms with van der Waals surface area (Å²) < 4.78 is 13.0. The van der Waals surface area contributed by atoms with E-state index in [4.69, 9.17) is 11.6 Å². The Morgan fingerprint density at radius 3 is 2.22 bits per heavy atom. The van der Waals surface area contributed by atoms with Crippen LogP contribution in [0.3, 0.4) is 0 Å². The van der Waals surface area contributed by atoms with Gasteiger partial charge in [-0.25, -0.2) is 4.39 Å². The second-order valence-electron chi connectivity index (χ2n) is 4.34. The molecule has 0 atom stereocenters. The van der Waals surface area contributed by atoms with Crippen molar-refractivity contribution in [3.8, 4) is 0 Å². The fraction of sp³-hybridized carbons (Fsp3) is 0. The summed E-state index contributed by atoms with van der Waals surface area (Å²) in [5.74, 6) is -2.68. The lowest BCUT2D eigenvalue weighted by molar-refractivity contribution is -0.384. The minimum Gasteiger partial charge on any atom is -0.318 e. The number of nitrogens with one attached hydrogen (secondary N) is 2. The number of amides is 2. The Morgan fingerprint density at radius 2 is 1.65 bits per heavy atom. The zero-order valence-electron chi connectivity index (χ0n) is 11.4. The van der Waals surface area contributed by atoms with Gasteiger partial charge in [0.25, 0.3) is 5.69 Å². The Morgan fingerprint density at radius 1 is 1.04 bits per heavy atom. The van der Waals surface area contributed by atoms with Gasteiger partial charge in [-0.05, 0) is 30.3 Å². The first-order valence-corrected chi connectivity index (χ1v) is 6.56. The van der Waals surface area contributed by atoms with Crippen LogP contribution in [0, 0.1) is 15.9 Å². The number of nitro benzene ring substituents is 1. The van der Waals surface area contributed by atoms with Gasteiger partial charge >= 0.3 is 11.8 Å². The quantitative estimate of drug-likeness (QED) is 0.510.